The van der Waals surface area contributed by atoms with Gasteiger partial charge in [0.25, 0.3) is 10.0 Å². The van der Waals surface area contributed by atoms with Crippen LogP contribution >= 0.6 is 11.6 Å². The van der Waals surface area contributed by atoms with Gasteiger partial charge in [0, 0.05) is 5.02 Å². The van der Waals surface area contributed by atoms with E-state index < -0.39 is 10.0 Å². The zero-order valence-electron chi connectivity index (χ0n) is 11.4. The van der Waals surface area contributed by atoms with Crippen molar-refractivity contribution in [2.24, 2.45) is 0 Å². The molecule has 1 aromatic heterocycles. The molecule has 0 aliphatic rings. The van der Waals surface area contributed by atoms with E-state index in [1.165, 1.54) is 24.3 Å². The average molecular weight is 325 g/mol. The lowest BCUT2D eigenvalue weighted by atomic mass is 10.1. The number of anilines is 1. The lowest BCUT2D eigenvalue weighted by molar-refractivity contribution is 0.601. The number of nitriles is 1. The van der Waals surface area contributed by atoms with Gasteiger partial charge in [-0.3, -0.25) is 9.82 Å². The molecule has 21 heavy (non-hydrogen) atoms. The minimum atomic E-state index is -3.82. The third-order valence-electron chi connectivity index (χ3n) is 2.84. The fourth-order valence-electron chi connectivity index (χ4n) is 1.76. The van der Waals surface area contributed by atoms with Gasteiger partial charge in [-0.2, -0.15) is 10.4 Å². The Balaban J connectivity index is 2.38. The maximum Gasteiger partial charge on any atom is 0.263 e. The molecule has 8 heteroatoms. The SMILES string of the molecule is CC(C)c1[nH]nc(NS(=O)(=O)c2ccc(Cl)cc2)c1C#N. The van der Waals surface area contributed by atoms with Gasteiger partial charge in [0.15, 0.2) is 5.82 Å². The second kappa shape index (κ2) is 5.76. The molecule has 0 spiro atoms. The van der Waals surface area contributed by atoms with Crippen molar-refractivity contribution in [2.45, 2.75) is 24.7 Å². The quantitative estimate of drug-likeness (QED) is 0.903. The smallest absolute Gasteiger partial charge is 0.263 e. The van der Waals surface area contributed by atoms with Gasteiger partial charge in [-0.15, -0.1) is 0 Å². The Morgan fingerprint density at radius 1 is 1.33 bits per heavy atom. The second-order valence-corrected chi connectivity index (χ2v) is 6.81. The Hall–Kier alpha value is -2.04. The number of rotatable bonds is 4. The van der Waals surface area contributed by atoms with E-state index in [9.17, 15) is 13.7 Å². The molecular formula is C13H13ClN4O2S. The molecular weight excluding hydrogens is 312 g/mol. The number of halogens is 1. The first kappa shape index (κ1) is 15.4. The van der Waals surface area contributed by atoms with Gasteiger partial charge in [-0.05, 0) is 30.2 Å². The van der Waals surface area contributed by atoms with E-state index in [0.717, 1.165) is 0 Å². The Morgan fingerprint density at radius 3 is 2.48 bits per heavy atom. The fourth-order valence-corrected chi connectivity index (χ4v) is 2.90. The molecule has 2 rings (SSSR count). The topological polar surface area (TPSA) is 98.6 Å². The minimum absolute atomic E-state index is 0.00356. The fraction of sp³-hybridized carbons (Fsp3) is 0.231. The van der Waals surface area contributed by atoms with Crippen LogP contribution in [0.25, 0.3) is 0 Å². The zero-order valence-corrected chi connectivity index (χ0v) is 13.0. The van der Waals surface area contributed by atoms with E-state index in [2.05, 4.69) is 14.9 Å². The summed E-state index contributed by atoms with van der Waals surface area (Å²) in [7, 11) is -3.82. The second-order valence-electron chi connectivity index (χ2n) is 4.69. The number of H-pyrrole nitrogens is 1. The molecule has 0 saturated carbocycles. The number of hydrogen-bond donors (Lipinski definition) is 2. The van der Waals surface area contributed by atoms with Crippen molar-refractivity contribution < 1.29 is 8.42 Å². The zero-order chi connectivity index (χ0) is 15.6. The predicted octanol–water partition coefficient (Wildman–Crippen LogP) is 2.86. The number of nitrogens with one attached hydrogen (secondary N) is 2. The van der Waals surface area contributed by atoms with Gasteiger partial charge in [0.05, 0.1) is 10.6 Å². The molecule has 6 nitrogen and oxygen atoms in total. The molecule has 0 saturated heterocycles. The first-order valence-electron chi connectivity index (χ1n) is 6.12. The van der Waals surface area contributed by atoms with E-state index in [1.54, 1.807) is 0 Å². The van der Waals surface area contributed by atoms with Gasteiger partial charge in [-0.25, -0.2) is 8.42 Å². The molecule has 0 bridgehead atoms. The third-order valence-corrected chi connectivity index (χ3v) is 4.45. The maximum atomic E-state index is 12.2. The Kier molecular flexibility index (Phi) is 4.21. The highest BCUT2D eigenvalue weighted by atomic mass is 35.5. The minimum Gasteiger partial charge on any atom is -0.279 e. The highest BCUT2D eigenvalue weighted by Crippen LogP contribution is 2.25. The van der Waals surface area contributed by atoms with Crippen molar-refractivity contribution in [3.05, 3.63) is 40.5 Å². The van der Waals surface area contributed by atoms with Gasteiger partial charge < -0.3 is 0 Å². The average Bonchev–Trinajstić information content (AvgIpc) is 2.81. The summed E-state index contributed by atoms with van der Waals surface area (Å²) in [5, 5.41) is 16.2. The van der Waals surface area contributed by atoms with Crippen molar-refractivity contribution in [1.82, 2.24) is 10.2 Å². The molecule has 0 unspecified atom stereocenters. The summed E-state index contributed by atoms with van der Waals surface area (Å²) in [6.07, 6.45) is 0. The number of aromatic amines is 1. The van der Waals surface area contributed by atoms with Crippen molar-refractivity contribution in [1.29, 1.82) is 5.26 Å². The summed E-state index contributed by atoms with van der Waals surface area (Å²) < 4.78 is 26.8. The van der Waals surface area contributed by atoms with Crippen LogP contribution in [0.4, 0.5) is 5.82 Å². The van der Waals surface area contributed by atoms with Crippen LogP contribution in [0, 0.1) is 11.3 Å². The molecule has 110 valence electrons. The molecule has 0 radical (unpaired) electrons. The van der Waals surface area contributed by atoms with E-state index in [4.69, 9.17) is 11.6 Å². The monoisotopic (exact) mass is 324 g/mol. The van der Waals surface area contributed by atoms with Crippen LogP contribution in [-0.4, -0.2) is 18.6 Å². The summed E-state index contributed by atoms with van der Waals surface area (Å²) in [5.41, 5.74) is 0.786. The van der Waals surface area contributed by atoms with Gasteiger partial charge in [-0.1, -0.05) is 25.4 Å². The van der Waals surface area contributed by atoms with Crippen LogP contribution in [0.15, 0.2) is 29.2 Å². The summed E-state index contributed by atoms with van der Waals surface area (Å²) in [6, 6.07) is 7.69. The van der Waals surface area contributed by atoms with Gasteiger partial charge in [0.1, 0.15) is 11.6 Å². The lowest BCUT2D eigenvalue weighted by Gasteiger charge is -2.06. The van der Waals surface area contributed by atoms with Crippen molar-refractivity contribution in [3.63, 3.8) is 0 Å². The van der Waals surface area contributed by atoms with E-state index in [0.29, 0.717) is 10.7 Å². The lowest BCUT2D eigenvalue weighted by Crippen LogP contribution is -2.14. The molecule has 1 aromatic carbocycles. The molecule has 1 heterocycles. The third kappa shape index (κ3) is 3.17. The standard InChI is InChI=1S/C13H13ClN4O2S/c1-8(2)12-11(7-15)13(17-16-12)18-21(19,20)10-5-3-9(14)4-6-10/h3-6,8H,1-2H3,(H2,16,17,18). The normalized spacial score (nSPS) is 11.4. The molecule has 0 aliphatic carbocycles. The van der Waals surface area contributed by atoms with Crippen molar-refractivity contribution in [2.75, 3.05) is 4.72 Å². The number of sulfonamides is 1. The van der Waals surface area contributed by atoms with Gasteiger partial charge >= 0.3 is 0 Å². The van der Waals surface area contributed by atoms with Crippen molar-refractivity contribution >= 4 is 27.4 Å². The first-order chi connectivity index (χ1) is 9.85. The Labute approximate surface area is 127 Å². The van der Waals surface area contributed by atoms with Crippen LogP contribution in [-0.2, 0) is 10.0 Å². The largest absolute Gasteiger partial charge is 0.279 e. The van der Waals surface area contributed by atoms with E-state index in [-0.39, 0.29) is 22.2 Å². The summed E-state index contributed by atoms with van der Waals surface area (Å²) in [5.74, 6) is 0.0251. The van der Waals surface area contributed by atoms with Crippen LogP contribution in [0.3, 0.4) is 0 Å². The van der Waals surface area contributed by atoms with Crippen LogP contribution in [0.5, 0.6) is 0 Å². The molecule has 2 aromatic rings. The number of nitrogens with zero attached hydrogens (tertiary/aromatic N) is 2. The summed E-state index contributed by atoms with van der Waals surface area (Å²) >= 11 is 5.73. The maximum absolute atomic E-state index is 12.2. The predicted molar refractivity (Wildman–Crippen MR) is 79.7 cm³/mol. The molecule has 0 atom stereocenters. The molecule has 0 amide bonds. The molecule has 0 aliphatic heterocycles. The molecule has 2 N–H and O–H groups in total. The first-order valence-corrected chi connectivity index (χ1v) is 7.98. The summed E-state index contributed by atoms with van der Waals surface area (Å²) in [4.78, 5) is 0.0462. The number of benzene rings is 1. The molecule has 0 fully saturated rings. The van der Waals surface area contributed by atoms with E-state index in [1.807, 2.05) is 19.9 Å². The van der Waals surface area contributed by atoms with E-state index >= 15 is 0 Å². The number of aromatic nitrogens is 2. The van der Waals surface area contributed by atoms with Crippen LogP contribution in [0.1, 0.15) is 31.0 Å². The van der Waals surface area contributed by atoms with Crippen LogP contribution in [0.2, 0.25) is 5.02 Å². The van der Waals surface area contributed by atoms with Crippen LogP contribution < -0.4 is 4.72 Å². The highest BCUT2D eigenvalue weighted by Gasteiger charge is 2.21. The van der Waals surface area contributed by atoms with Crippen molar-refractivity contribution in [3.8, 4) is 6.07 Å². The number of hydrogen-bond acceptors (Lipinski definition) is 4. The summed E-state index contributed by atoms with van der Waals surface area (Å²) in [6.45, 7) is 3.76. The Morgan fingerprint density at radius 2 is 1.95 bits per heavy atom. The Bertz CT molecular complexity index is 789. The van der Waals surface area contributed by atoms with Gasteiger partial charge in [0.2, 0.25) is 0 Å². The highest BCUT2D eigenvalue weighted by molar-refractivity contribution is 7.92.